The van der Waals surface area contributed by atoms with Gasteiger partial charge in [0.2, 0.25) is 0 Å². The van der Waals surface area contributed by atoms with Crippen molar-refractivity contribution in [1.82, 2.24) is 5.32 Å². The van der Waals surface area contributed by atoms with E-state index in [0.29, 0.717) is 0 Å². The van der Waals surface area contributed by atoms with Gasteiger partial charge >= 0.3 is 0 Å². The second-order valence-corrected chi connectivity index (χ2v) is 4.31. The van der Waals surface area contributed by atoms with Crippen molar-refractivity contribution < 1.29 is 0 Å². The number of hydrogen-bond acceptors (Lipinski definition) is 1. The van der Waals surface area contributed by atoms with E-state index in [1.807, 2.05) is 6.07 Å². The molecule has 0 spiro atoms. The molecule has 2 aromatic rings. The lowest BCUT2D eigenvalue weighted by molar-refractivity contribution is 0.730. The number of aryl methyl sites for hydroxylation is 1. The quantitative estimate of drug-likeness (QED) is 0.826. The smallest absolute Gasteiger partial charge is 0.0762 e. The van der Waals surface area contributed by atoms with E-state index in [9.17, 15) is 0 Å². The molecule has 0 aliphatic rings. The Bertz CT molecular complexity index is 485. The first-order valence-corrected chi connectivity index (χ1v) is 6.36. The molecule has 0 saturated heterocycles. The predicted octanol–water partition coefficient (Wildman–Crippen LogP) is 4.07. The monoisotopic (exact) mass is 237 g/mol. The summed E-state index contributed by atoms with van der Waals surface area (Å²) in [7, 11) is 0. The predicted molar refractivity (Wildman–Crippen MR) is 77.4 cm³/mol. The van der Waals surface area contributed by atoms with Crippen LogP contribution in [0.3, 0.4) is 0 Å². The average Bonchev–Trinajstić information content (AvgIpc) is 2.46. The molecule has 1 nitrogen and oxygen atoms in total. The summed E-state index contributed by atoms with van der Waals surface area (Å²) in [5.74, 6) is 0. The Hall–Kier alpha value is -2.02. The van der Waals surface area contributed by atoms with E-state index in [1.165, 1.54) is 16.7 Å². The van der Waals surface area contributed by atoms with Crippen molar-refractivity contribution in [2.45, 2.75) is 19.4 Å². The summed E-state index contributed by atoms with van der Waals surface area (Å²) in [4.78, 5) is 0. The van der Waals surface area contributed by atoms with Gasteiger partial charge in [0.25, 0.3) is 0 Å². The molecular formula is C17H19N. The highest BCUT2D eigenvalue weighted by Crippen LogP contribution is 2.22. The minimum absolute atomic E-state index is 0.176. The van der Waals surface area contributed by atoms with Gasteiger partial charge in [-0.2, -0.15) is 0 Å². The molecule has 0 bridgehead atoms. The fraction of sp³-hybridized carbons (Fsp3) is 0.176. The Kier molecular flexibility index (Phi) is 4.19. The van der Waals surface area contributed by atoms with Crippen LogP contribution in [0.5, 0.6) is 0 Å². The Morgan fingerprint density at radius 3 is 2.17 bits per heavy atom. The maximum atomic E-state index is 3.77. The van der Waals surface area contributed by atoms with Gasteiger partial charge in [-0.05, 0) is 29.3 Å². The molecule has 0 fully saturated rings. The molecule has 0 radical (unpaired) electrons. The topological polar surface area (TPSA) is 12.0 Å². The van der Waals surface area contributed by atoms with E-state index in [-0.39, 0.29) is 6.04 Å². The fourth-order valence-corrected chi connectivity index (χ4v) is 2.09. The second-order valence-electron chi connectivity index (χ2n) is 4.31. The third kappa shape index (κ3) is 2.80. The van der Waals surface area contributed by atoms with Gasteiger partial charge in [-0.3, -0.25) is 0 Å². The summed E-state index contributed by atoms with van der Waals surface area (Å²) in [6.45, 7) is 5.95. The van der Waals surface area contributed by atoms with Crippen LogP contribution >= 0.6 is 0 Å². The third-order valence-corrected chi connectivity index (χ3v) is 3.14. The van der Waals surface area contributed by atoms with Crippen molar-refractivity contribution in [2.24, 2.45) is 0 Å². The molecule has 18 heavy (non-hydrogen) atoms. The molecule has 1 N–H and O–H groups in total. The minimum atomic E-state index is 0.176. The summed E-state index contributed by atoms with van der Waals surface area (Å²) in [5.41, 5.74) is 3.88. The van der Waals surface area contributed by atoms with Gasteiger partial charge in [0.1, 0.15) is 0 Å². The highest BCUT2D eigenvalue weighted by atomic mass is 14.9. The molecular weight excluding hydrogens is 218 g/mol. The summed E-state index contributed by atoms with van der Waals surface area (Å²) in [5, 5.41) is 3.32. The molecule has 0 aliphatic heterocycles. The van der Waals surface area contributed by atoms with Crippen LogP contribution in [-0.4, -0.2) is 0 Å². The third-order valence-electron chi connectivity index (χ3n) is 3.14. The lowest BCUT2D eigenvalue weighted by Crippen LogP contribution is -2.16. The van der Waals surface area contributed by atoms with Crippen molar-refractivity contribution in [1.29, 1.82) is 0 Å². The number of rotatable bonds is 5. The molecule has 92 valence electrons. The molecule has 0 amide bonds. The van der Waals surface area contributed by atoms with Crippen molar-refractivity contribution in [3.8, 4) is 0 Å². The first kappa shape index (κ1) is 12.4. The minimum Gasteiger partial charge on any atom is -0.381 e. The summed E-state index contributed by atoms with van der Waals surface area (Å²) < 4.78 is 0. The molecule has 1 unspecified atom stereocenters. The summed E-state index contributed by atoms with van der Waals surface area (Å²) in [6, 6.07) is 19.4. The molecule has 0 saturated carbocycles. The lowest BCUT2D eigenvalue weighted by atomic mass is 9.97. The van der Waals surface area contributed by atoms with Gasteiger partial charge < -0.3 is 5.32 Å². The van der Waals surface area contributed by atoms with E-state index in [0.717, 1.165) is 6.42 Å². The number of hydrogen-bond donors (Lipinski definition) is 1. The normalized spacial score (nSPS) is 11.8. The molecule has 0 heterocycles. The highest BCUT2D eigenvalue weighted by Gasteiger charge is 2.11. The Morgan fingerprint density at radius 2 is 1.61 bits per heavy atom. The van der Waals surface area contributed by atoms with Crippen LogP contribution < -0.4 is 5.32 Å². The van der Waals surface area contributed by atoms with Crippen molar-refractivity contribution in [3.05, 3.63) is 84.1 Å². The number of benzene rings is 2. The molecule has 1 atom stereocenters. The van der Waals surface area contributed by atoms with Gasteiger partial charge in [0.05, 0.1) is 6.04 Å². The Morgan fingerprint density at radius 1 is 1.00 bits per heavy atom. The summed E-state index contributed by atoms with van der Waals surface area (Å²) in [6.07, 6.45) is 2.83. The molecule has 2 rings (SSSR count). The zero-order valence-corrected chi connectivity index (χ0v) is 10.8. The van der Waals surface area contributed by atoms with Crippen LogP contribution in [0.1, 0.15) is 29.7 Å². The van der Waals surface area contributed by atoms with E-state index < -0.39 is 0 Å². The standard InChI is InChI=1S/C17H19N/c1-3-14-10-12-16(13-11-14)17(18-4-2)15-8-6-5-7-9-15/h4-13,17-18H,2-3H2,1H3. The largest absolute Gasteiger partial charge is 0.381 e. The lowest BCUT2D eigenvalue weighted by Gasteiger charge is -2.18. The molecule has 0 aliphatic carbocycles. The average molecular weight is 237 g/mol. The van der Waals surface area contributed by atoms with Crippen molar-refractivity contribution in [3.63, 3.8) is 0 Å². The zero-order valence-electron chi connectivity index (χ0n) is 10.8. The van der Waals surface area contributed by atoms with Crippen LogP contribution in [0.15, 0.2) is 67.4 Å². The van der Waals surface area contributed by atoms with E-state index in [1.54, 1.807) is 6.20 Å². The van der Waals surface area contributed by atoms with E-state index in [2.05, 4.69) is 67.4 Å². The van der Waals surface area contributed by atoms with Crippen LogP contribution in [0.4, 0.5) is 0 Å². The number of nitrogens with one attached hydrogen (secondary N) is 1. The van der Waals surface area contributed by atoms with Gasteiger partial charge in [-0.25, -0.2) is 0 Å². The zero-order chi connectivity index (χ0) is 12.8. The first-order chi connectivity index (χ1) is 8.85. The van der Waals surface area contributed by atoms with E-state index in [4.69, 9.17) is 0 Å². The first-order valence-electron chi connectivity index (χ1n) is 6.36. The van der Waals surface area contributed by atoms with Crippen molar-refractivity contribution in [2.75, 3.05) is 0 Å². The van der Waals surface area contributed by atoms with Crippen LogP contribution in [-0.2, 0) is 6.42 Å². The van der Waals surface area contributed by atoms with Gasteiger partial charge in [-0.15, -0.1) is 0 Å². The molecule has 2 aromatic carbocycles. The van der Waals surface area contributed by atoms with Gasteiger partial charge in [-0.1, -0.05) is 68.1 Å². The Labute approximate surface area is 109 Å². The van der Waals surface area contributed by atoms with Crippen LogP contribution in [0, 0.1) is 0 Å². The van der Waals surface area contributed by atoms with Crippen molar-refractivity contribution >= 4 is 0 Å². The SMILES string of the molecule is C=CNC(c1ccccc1)c1ccc(CC)cc1. The molecule has 1 heteroatoms. The van der Waals surface area contributed by atoms with Gasteiger partial charge in [0.15, 0.2) is 0 Å². The Balaban J connectivity index is 2.32. The van der Waals surface area contributed by atoms with Gasteiger partial charge in [0, 0.05) is 0 Å². The van der Waals surface area contributed by atoms with Crippen LogP contribution in [0.2, 0.25) is 0 Å². The maximum Gasteiger partial charge on any atom is 0.0762 e. The maximum absolute atomic E-state index is 3.77. The van der Waals surface area contributed by atoms with Crippen LogP contribution in [0.25, 0.3) is 0 Å². The van der Waals surface area contributed by atoms with E-state index >= 15 is 0 Å². The highest BCUT2D eigenvalue weighted by molar-refractivity contribution is 5.33. The molecule has 0 aromatic heterocycles. The fourth-order valence-electron chi connectivity index (χ4n) is 2.09. The summed E-state index contributed by atoms with van der Waals surface area (Å²) >= 11 is 0. The second kappa shape index (κ2) is 6.06.